The smallest absolute Gasteiger partial charge is 0.147 e. The molecule has 0 aliphatic carbocycles. The van der Waals surface area contributed by atoms with Gasteiger partial charge in [0.1, 0.15) is 23.7 Å². The lowest BCUT2D eigenvalue weighted by atomic mass is 10.1. The first-order chi connectivity index (χ1) is 11.7. The van der Waals surface area contributed by atoms with Crippen molar-refractivity contribution in [2.24, 2.45) is 4.36 Å². The fourth-order valence-corrected chi connectivity index (χ4v) is 2.96. The number of anilines is 2. The van der Waals surface area contributed by atoms with E-state index in [0.717, 1.165) is 0 Å². The number of fused-ring (bicyclic) bond motifs is 1. The van der Waals surface area contributed by atoms with Crippen LogP contribution in [0.1, 0.15) is 5.56 Å². The third-order valence-corrected chi connectivity index (χ3v) is 4.13. The number of aryl methyl sites for hydroxylation is 1. The summed E-state index contributed by atoms with van der Waals surface area (Å²) >= 11 is 0. The van der Waals surface area contributed by atoms with Gasteiger partial charge in [-0.25, -0.2) is 18.6 Å². The lowest BCUT2D eigenvalue weighted by Crippen LogP contribution is -1.99. The van der Waals surface area contributed by atoms with Crippen LogP contribution in [0.15, 0.2) is 41.0 Å². The zero-order chi connectivity index (χ0) is 18.2. The second-order valence-electron chi connectivity index (χ2n) is 5.94. The topological polar surface area (TPSA) is 87.5 Å². The van der Waals surface area contributed by atoms with Crippen LogP contribution in [-0.2, 0) is 9.73 Å². The molecule has 1 aromatic heterocycles. The number of hydrogen-bond donors (Lipinski definition) is 2. The van der Waals surface area contributed by atoms with Crippen LogP contribution in [0.5, 0.6) is 5.75 Å². The van der Waals surface area contributed by atoms with Gasteiger partial charge < -0.3 is 10.4 Å². The van der Waals surface area contributed by atoms with Crippen LogP contribution >= 0.6 is 0 Å². The Labute approximate surface area is 144 Å². The summed E-state index contributed by atoms with van der Waals surface area (Å²) in [7, 11) is -2.31. The molecular formula is C17H17FN4O2S. The summed E-state index contributed by atoms with van der Waals surface area (Å²) in [4.78, 5) is 8.32. The van der Waals surface area contributed by atoms with Gasteiger partial charge in [0.2, 0.25) is 0 Å². The highest BCUT2D eigenvalue weighted by molar-refractivity contribution is 7.92. The van der Waals surface area contributed by atoms with Crippen molar-refractivity contribution in [2.45, 2.75) is 6.92 Å². The van der Waals surface area contributed by atoms with Crippen molar-refractivity contribution in [1.29, 1.82) is 0 Å². The minimum Gasteiger partial charge on any atom is -0.508 e. The van der Waals surface area contributed by atoms with Gasteiger partial charge in [0.15, 0.2) is 0 Å². The molecule has 3 rings (SSSR count). The predicted molar refractivity (Wildman–Crippen MR) is 97.7 cm³/mol. The van der Waals surface area contributed by atoms with E-state index < -0.39 is 15.5 Å². The summed E-state index contributed by atoms with van der Waals surface area (Å²) in [6, 6.07) is 7.68. The summed E-state index contributed by atoms with van der Waals surface area (Å²) in [6.45, 7) is 1.61. The maximum Gasteiger partial charge on any atom is 0.147 e. The van der Waals surface area contributed by atoms with E-state index in [9.17, 15) is 13.7 Å². The molecule has 0 amide bonds. The molecule has 6 nitrogen and oxygen atoms in total. The van der Waals surface area contributed by atoms with E-state index >= 15 is 0 Å². The maximum atomic E-state index is 14.1. The number of nitrogens with one attached hydrogen (secondary N) is 1. The minimum absolute atomic E-state index is 0.0188. The second-order valence-corrected chi connectivity index (χ2v) is 8.48. The fraction of sp³-hybridized carbons (Fsp3) is 0.176. The highest BCUT2D eigenvalue weighted by Crippen LogP contribution is 2.30. The molecule has 2 N–H and O–H groups in total. The lowest BCUT2D eigenvalue weighted by Gasteiger charge is -2.11. The SMILES string of the molecule is Cc1cc(F)c(Nc2ncnc3ccc(N=S(C)(C)=O)cc23)cc1O. The Bertz CT molecular complexity index is 1080. The Morgan fingerprint density at radius 1 is 1.20 bits per heavy atom. The van der Waals surface area contributed by atoms with Crippen LogP contribution in [0.25, 0.3) is 10.9 Å². The van der Waals surface area contributed by atoms with Crippen molar-refractivity contribution in [2.75, 3.05) is 17.8 Å². The quantitative estimate of drug-likeness (QED) is 0.740. The Balaban J connectivity index is 2.12. The number of nitrogens with zero attached hydrogens (tertiary/aromatic N) is 3. The molecule has 3 aromatic rings. The van der Waals surface area contributed by atoms with Gasteiger partial charge in [0.25, 0.3) is 0 Å². The van der Waals surface area contributed by atoms with Gasteiger partial charge in [0, 0.05) is 33.7 Å². The van der Waals surface area contributed by atoms with E-state index in [0.29, 0.717) is 28.0 Å². The number of benzene rings is 2. The first-order valence-electron chi connectivity index (χ1n) is 7.41. The minimum atomic E-state index is -2.31. The highest BCUT2D eigenvalue weighted by Gasteiger charge is 2.11. The molecule has 0 fully saturated rings. The summed E-state index contributed by atoms with van der Waals surface area (Å²) in [5.41, 5.74) is 1.69. The van der Waals surface area contributed by atoms with Crippen molar-refractivity contribution >= 4 is 37.8 Å². The number of halogens is 1. The fourth-order valence-electron chi connectivity index (χ4n) is 2.34. The summed E-state index contributed by atoms with van der Waals surface area (Å²) in [6.07, 6.45) is 4.45. The zero-order valence-electron chi connectivity index (χ0n) is 13.9. The number of phenolic OH excluding ortho intramolecular Hbond substituents is 1. The lowest BCUT2D eigenvalue weighted by molar-refractivity contribution is 0.469. The van der Waals surface area contributed by atoms with Crippen molar-refractivity contribution in [3.63, 3.8) is 0 Å². The van der Waals surface area contributed by atoms with Gasteiger partial charge in [-0.3, -0.25) is 0 Å². The van der Waals surface area contributed by atoms with Crippen LogP contribution in [0.3, 0.4) is 0 Å². The van der Waals surface area contributed by atoms with Crippen LogP contribution in [0.4, 0.5) is 21.6 Å². The van der Waals surface area contributed by atoms with Crippen molar-refractivity contribution in [3.8, 4) is 5.75 Å². The first kappa shape index (κ1) is 17.1. The van der Waals surface area contributed by atoms with Crippen molar-refractivity contribution in [1.82, 2.24) is 9.97 Å². The number of phenols is 1. The molecule has 130 valence electrons. The molecule has 0 saturated carbocycles. The third-order valence-electron chi connectivity index (χ3n) is 3.48. The van der Waals surface area contributed by atoms with E-state index in [1.54, 1.807) is 37.6 Å². The molecule has 25 heavy (non-hydrogen) atoms. The van der Waals surface area contributed by atoms with Gasteiger partial charge in [0.05, 0.1) is 16.9 Å². The van der Waals surface area contributed by atoms with Gasteiger partial charge in [-0.2, -0.15) is 4.36 Å². The molecule has 1 heterocycles. The predicted octanol–water partition coefficient (Wildman–Crippen LogP) is 3.89. The van der Waals surface area contributed by atoms with Gasteiger partial charge >= 0.3 is 0 Å². The Hall–Kier alpha value is -2.74. The first-order valence-corrected chi connectivity index (χ1v) is 9.74. The van der Waals surface area contributed by atoms with Crippen molar-refractivity contribution in [3.05, 3.63) is 48.0 Å². The summed E-state index contributed by atoms with van der Waals surface area (Å²) < 4.78 is 30.2. The third kappa shape index (κ3) is 3.85. The molecule has 0 unspecified atom stereocenters. The monoisotopic (exact) mass is 360 g/mol. The molecule has 0 atom stereocenters. The maximum absolute atomic E-state index is 14.1. The summed E-state index contributed by atoms with van der Waals surface area (Å²) in [5, 5.41) is 13.3. The number of aromatic nitrogens is 2. The molecule has 0 aliphatic rings. The van der Waals surface area contributed by atoms with Gasteiger partial charge in [-0.05, 0) is 36.8 Å². The summed E-state index contributed by atoms with van der Waals surface area (Å²) in [5.74, 6) is -0.161. The van der Waals surface area contributed by atoms with E-state index in [-0.39, 0.29) is 11.4 Å². The largest absolute Gasteiger partial charge is 0.508 e. The molecular weight excluding hydrogens is 343 g/mol. The zero-order valence-corrected chi connectivity index (χ0v) is 14.8. The molecule has 0 radical (unpaired) electrons. The average molecular weight is 360 g/mol. The average Bonchev–Trinajstić information content (AvgIpc) is 2.51. The van der Waals surface area contributed by atoms with Gasteiger partial charge in [-0.1, -0.05) is 0 Å². The van der Waals surface area contributed by atoms with E-state index in [1.807, 2.05) is 0 Å². The van der Waals surface area contributed by atoms with E-state index in [1.165, 1.54) is 18.5 Å². The molecule has 0 saturated heterocycles. The Morgan fingerprint density at radius 3 is 2.68 bits per heavy atom. The molecule has 2 aromatic carbocycles. The molecule has 0 bridgehead atoms. The normalized spacial score (nSPS) is 11.5. The molecule has 0 aliphatic heterocycles. The second kappa shape index (κ2) is 6.29. The Kier molecular flexibility index (Phi) is 4.30. The number of rotatable bonds is 3. The standard InChI is InChI=1S/C17H17FN4O2S/c1-10-6-13(18)15(8-16(10)23)21-17-12-7-11(22-25(2,3)24)4-5-14(12)19-9-20-17/h4-9,23H,1-3H3,(H,19,20,21). The molecule has 8 heteroatoms. The van der Waals surface area contributed by atoms with Crippen LogP contribution in [0.2, 0.25) is 0 Å². The van der Waals surface area contributed by atoms with Gasteiger partial charge in [-0.15, -0.1) is 0 Å². The van der Waals surface area contributed by atoms with Crippen LogP contribution < -0.4 is 5.32 Å². The number of aromatic hydroxyl groups is 1. The van der Waals surface area contributed by atoms with Crippen LogP contribution in [-0.4, -0.2) is 31.8 Å². The highest BCUT2D eigenvalue weighted by atomic mass is 32.2. The molecule has 0 spiro atoms. The van der Waals surface area contributed by atoms with Crippen molar-refractivity contribution < 1.29 is 13.7 Å². The van der Waals surface area contributed by atoms with E-state index in [4.69, 9.17) is 0 Å². The van der Waals surface area contributed by atoms with E-state index in [2.05, 4.69) is 19.6 Å². The number of hydrogen-bond acceptors (Lipinski definition) is 6. The van der Waals surface area contributed by atoms with Crippen LogP contribution in [0, 0.1) is 12.7 Å². The Morgan fingerprint density at radius 2 is 1.96 bits per heavy atom.